The van der Waals surface area contributed by atoms with Crippen LogP contribution < -0.4 is 0 Å². The maximum atomic E-state index is 12.4. The molecule has 112 valence electrons. The van der Waals surface area contributed by atoms with Crippen LogP contribution in [-0.4, -0.2) is 53.0 Å². The number of nitrogens with zero attached hydrogens (tertiary/aromatic N) is 2. The molecular formula is C14H22N2O4. The van der Waals surface area contributed by atoms with E-state index < -0.39 is 11.4 Å². The van der Waals surface area contributed by atoms with Crippen molar-refractivity contribution in [1.29, 1.82) is 0 Å². The number of hydrogen-bond acceptors (Lipinski definition) is 5. The lowest BCUT2D eigenvalue weighted by Gasteiger charge is -2.35. The molecule has 1 amide bonds. The van der Waals surface area contributed by atoms with Gasteiger partial charge >= 0.3 is 6.09 Å². The first-order valence-electron chi connectivity index (χ1n) is 7.06. The van der Waals surface area contributed by atoms with E-state index in [1.54, 1.807) is 4.90 Å². The Kier molecular flexibility index (Phi) is 2.89. The van der Waals surface area contributed by atoms with Gasteiger partial charge in [-0.15, -0.1) is 0 Å². The van der Waals surface area contributed by atoms with Crippen LogP contribution in [0.3, 0.4) is 0 Å². The summed E-state index contributed by atoms with van der Waals surface area (Å²) >= 11 is 0. The maximum absolute atomic E-state index is 12.4. The highest BCUT2D eigenvalue weighted by atomic mass is 16.8. The average Bonchev–Trinajstić information content (AvgIpc) is 2.68. The fraction of sp³-hybridized carbons (Fsp3) is 0.857. The maximum Gasteiger partial charge on any atom is 0.412 e. The van der Waals surface area contributed by atoms with Crippen LogP contribution in [0.2, 0.25) is 0 Å². The third-order valence-corrected chi connectivity index (χ3v) is 3.69. The monoisotopic (exact) mass is 282 g/mol. The van der Waals surface area contributed by atoms with Gasteiger partial charge in [-0.2, -0.15) is 0 Å². The Bertz CT molecular complexity index is 455. The Morgan fingerprint density at radius 3 is 2.65 bits per heavy atom. The molecule has 2 saturated heterocycles. The minimum Gasteiger partial charge on any atom is -0.444 e. The van der Waals surface area contributed by atoms with E-state index in [-0.39, 0.29) is 30.5 Å². The molecule has 0 N–H and O–H groups in total. The zero-order valence-corrected chi connectivity index (χ0v) is 12.6. The number of rotatable bonds is 0. The van der Waals surface area contributed by atoms with Gasteiger partial charge in [0.1, 0.15) is 17.8 Å². The standard InChI is InChI=1S/C14H22N2O4/c1-13(2,3)20-12(17)16-8-6-7-15-11(16)10-9(8)18-14(4,5)19-10/h7-11H,6H2,1-5H3. The molecule has 0 spiro atoms. The molecule has 0 aromatic carbocycles. The van der Waals surface area contributed by atoms with E-state index in [2.05, 4.69) is 4.99 Å². The summed E-state index contributed by atoms with van der Waals surface area (Å²) in [6, 6.07) is -0.0564. The van der Waals surface area contributed by atoms with Gasteiger partial charge in [0.15, 0.2) is 12.0 Å². The predicted molar refractivity (Wildman–Crippen MR) is 72.6 cm³/mol. The summed E-state index contributed by atoms with van der Waals surface area (Å²) in [7, 11) is 0. The lowest BCUT2D eigenvalue weighted by atomic mass is 10.1. The molecule has 0 aromatic rings. The van der Waals surface area contributed by atoms with Crippen molar-refractivity contribution in [1.82, 2.24) is 4.90 Å². The van der Waals surface area contributed by atoms with Crippen molar-refractivity contribution < 1.29 is 19.0 Å². The van der Waals surface area contributed by atoms with Crippen molar-refractivity contribution in [3.05, 3.63) is 0 Å². The van der Waals surface area contributed by atoms with E-state index in [0.29, 0.717) is 6.42 Å². The molecule has 2 bridgehead atoms. The molecule has 4 atom stereocenters. The molecule has 6 heteroatoms. The molecule has 6 nitrogen and oxygen atoms in total. The highest BCUT2D eigenvalue weighted by Gasteiger charge is 2.60. The van der Waals surface area contributed by atoms with Crippen molar-refractivity contribution in [3.8, 4) is 0 Å². The Morgan fingerprint density at radius 1 is 1.35 bits per heavy atom. The SMILES string of the molecule is CC(C)(C)OC(=O)N1C2CC=NC1C1OC(C)(C)OC12. The van der Waals surface area contributed by atoms with Crippen LogP contribution in [0.25, 0.3) is 0 Å². The van der Waals surface area contributed by atoms with Crippen LogP contribution in [0.5, 0.6) is 0 Å². The highest BCUT2D eigenvalue weighted by molar-refractivity contribution is 5.73. The van der Waals surface area contributed by atoms with Crippen LogP contribution in [0, 0.1) is 0 Å². The first-order chi connectivity index (χ1) is 9.18. The third kappa shape index (κ3) is 2.20. The summed E-state index contributed by atoms with van der Waals surface area (Å²) in [5.74, 6) is -0.612. The second-order valence-corrected chi connectivity index (χ2v) is 7.00. The summed E-state index contributed by atoms with van der Waals surface area (Å²) in [5, 5.41) is 0. The summed E-state index contributed by atoms with van der Waals surface area (Å²) in [4.78, 5) is 18.5. The molecule has 20 heavy (non-hydrogen) atoms. The van der Waals surface area contributed by atoms with Crippen LogP contribution in [0.4, 0.5) is 4.79 Å². The molecule has 0 radical (unpaired) electrons. The van der Waals surface area contributed by atoms with E-state index >= 15 is 0 Å². The van der Waals surface area contributed by atoms with E-state index in [0.717, 1.165) is 0 Å². The van der Waals surface area contributed by atoms with Crippen molar-refractivity contribution >= 4 is 12.3 Å². The first-order valence-corrected chi connectivity index (χ1v) is 7.06. The van der Waals surface area contributed by atoms with Crippen LogP contribution in [0.1, 0.15) is 41.0 Å². The minimum atomic E-state index is -0.612. The van der Waals surface area contributed by atoms with Crippen LogP contribution in [-0.2, 0) is 14.2 Å². The zero-order valence-electron chi connectivity index (χ0n) is 12.6. The molecule has 0 aromatic heterocycles. The van der Waals surface area contributed by atoms with Gasteiger partial charge in [0.2, 0.25) is 0 Å². The Hall–Kier alpha value is -1.14. The average molecular weight is 282 g/mol. The molecule has 3 aliphatic heterocycles. The van der Waals surface area contributed by atoms with Gasteiger partial charge in [-0.25, -0.2) is 4.79 Å². The normalized spacial score (nSPS) is 38.0. The number of amides is 1. The lowest BCUT2D eigenvalue weighted by Crippen LogP contribution is -2.49. The largest absolute Gasteiger partial charge is 0.444 e. The Morgan fingerprint density at radius 2 is 2.00 bits per heavy atom. The van der Waals surface area contributed by atoms with Crippen LogP contribution >= 0.6 is 0 Å². The lowest BCUT2D eigenvalue weighted by molar-refractivity contribution is -0.166. The van der Waals surface area contributed by atoms with Gasteiger partial charge < -0.3 is 14.2 Å². The van der Waals surface area contributed by atoms with Crippen molar-refractivity contribution in [2.75, 3.05) is 0 Å². The molecule has 4 unspecified atom stereocenters. The summed E-state index contributed by atoms with van der Waals surface area (Å²) < 4.78 is 17.3. The van der Waals surface area contributed by atoms with E-state index in [1.165, 1.54) is 0 Å². The number of carbonyl (C=O) groups is 1. The summed E-state index contributed by atoms with van der Waals surface area (Å²) in [5.41, 5.74) is -0.520. The predicted octanol–water partition coefficient (Wildman–Crippen LogP) is 1.93. The number of carbonyl (C=O) groups excluding carboxylic acids is 1. The van der Waals surface area contributed by atoms with E-state index in [9.17, 15) is 4.79 Å². The Labute approximate surface area is 119 Å². The van der Waals surface area contributed by atoms with Gasteiger partial charge in [0.05, 0.1) is 6.04 Å². The molecule has 3 rings (SSSR count). The fourth-order valence-corrected chi connectivity index (χ4v) is 3.10. The number of fused-ring (bicyclic) bond motifs is 5. The van der Waals surface area contributed by atoms with Crippen molar-refractivity contribution in [2.45, 2.75) is 76.8 Å². The van der Waals surface area contributed by atoms with Gasteiger partial charge in [-0.3, -0.25) is 9.89 Å². The topological polar surface area (TPSA) is 60.4 Å². The zero-order chi connectivity index (χ0) is 14.7. The molecule has 3 heterocycles. The molecular weight excluding hydrogens is 260 g/mol. The highest BCUT2D eigenvalue weighted by Crippen LogP contribution is 2.43. The summed E-state index contributed by atoms with van der Waals surface area (Å²) in [6.07, 6.45) is 1.51. The van der Waals surface area contributed by atoms with Crippen LogP contribution in [0.15, 0.2) is 4.99 Å². The number of aliphatic imine (C=N–C) groups is 1. The van der Waals surface area contributed by atoms with Gasteiger partial charge in [-0.1, -0.05) is 0 Å². The molecule has 0 saturated carbocycles. The van der Waals surface area contributed by atoms with Crippen molar-refractivity contribution in [2.24, 2.45) is 4.99 Å². The summed E-state index contributed by atoms with van der Waals surface area (Å²) in [6.45, 7) is 9.36. The fourth-order valence-electron chi connectivity index (χ4n) is 3.10. The quantitative estimate of drug-likeness (QED) is 0.681. The minimum absolute atomic E-state index is 0.0564. The van der Waals surface area contributed by atoms with Gasteiger partial charge in [0.25, 0.3) is 0 Å². The van der Waals surface area contributed by atoms with E-state index in [4.69, 9.17) is 14.2 Å². The molecule has 2 fully saturated rings. The number of ether oxygens (including phenoxy) is 3. The van der Waals surface area contributed by atoms with Gasteiger partial charge in [-0.05, 0) is 34.6 Å². The Balaban J connectivity index is 1.83. The molecule has 0 aliphatic carbocycles. The molecule has 3 aliphatic rings. The first kappa shape index (κ1) is 13.8. The van der Waals surface area contributed by atoms with E-state index in [1.807, 2.05) is 40.8 Å². The second-order valence-electron chi connectivity index (χ2n) is 7.00. The smallest absolute Gasteiger partial charge is 0.412 e. The van der Waals surface area contributed by atoms with Crippen molar-refractivity contribution in [3.63, 3.8) is 0 Å². The number of hydrogen-bond donors (Lipinski definition) is 0. The second kappa shape index (κ2) is 4.18. The third-order valence-electron chi connectivity index (χ3n) is 3.69. The van der Waals surface area contributed by atoms with Gasteiger partial charge in [0, 0.05) is 12.6 Å².